The van der Waals surface area contributed by atoms with E-state index in [0.29, 0.717) is 10.8 Å². The fourth-order valence-corrected chi connectivity index (χ4v) is 3.33. The van der Waals surface area contributed by atoms with Gasteiger partial charge in [-0.1, -0.05) is 0 Å². The highest BCUT2D eigenvalue weighted by molar-refractivity contribution is 5.75. The molecule has 4 atom stereocenters. The second-order valence-electron chi connectivity index (χ2n) is 8.47. The molecular formula is C21H25FN2O9. The third-order valence-electron chi connectivity index (χ3n) is 4.77. The number of halogens is 1. The van der Waals surface area contributed by atoms with Crippen molar-refractivity contribution in [1.29, 1.82) is 0 Å². The fraction of sp³-hybridized carbons (Fsp3) is 0.571. The van der Waals surface area contributed by atoms with E-state index in [-0.39, 0.29) is 6.42 Å². The average molecular weight is 468 g/mol. The molecule has 1 saturated heterocycles. The van der Waals surface area contributed by atoms with Crippen LogP contribution >= 0.6 is 0 Å². The molecule has 0 bridgehead atoms. The molecular weight excluding hydrogens is 443 g/mol. The molecule has 0 saturated carbocycles. The van der Waals surface area contributed by atoms with E-state index in [1.807, 2.05) is 0 Å². The van der Waals surface area contributed by atoms with Gasteiger partial charge in [-0.3, -0.25) is 28.7 Å². The number of aromatic nitrogens is 2. The van der Waals surface area contributed by atoms with Crippen LogP contribution in [0, 0.1) is 23.6 Å². The predicted octanol–water partition coefficient (Wildman–Crippen LogP) is 0.419. The number of nitrogens with one attached hydrogen (secondary N) is 1. The number of carbonyl (C=O) groups excluding carboxylic acids is 3. The summed E-state index contributed by atoms with van der Waals surface area (Å²) in [6.07, 6.45) is 1.20. The molecule has 11 nitrogen and oxygen atoms in total. The third kappa shape index (κ3) is 5.48. The van der Waals surface area contributed by atoms with Gasteiger partial charge in [-0.05, 0) is 20.8 Å². The fourth-order valence-electron chi connectivity index (χ4n) is 3.33. The van der Waals surface area contributed by atoms with Crippen LogP contribution in [-0.4, -0.2) is 51.9 Å². The summed E-state index contributed by atoms with van der Waals surface area (Å²) in [6.45, 7) is 6.45. The molecule has 1 aromatic rings. The Morgan fingerprint density at radius 2 is 1.91 bits per heavy atom. The summed E-state index contributed by atoms with van der Waals surface area (Å²) in [6, 6.07) is 0. The normalized spacial score (nSPS) is 24.6. The zero-order valence-corrected chi connectivity index (χ0v) is 18.8. The molecule has 1 aromatic heterocycles. The molecule has 12 heteroatoms. The van der Waals surface area contributed by atoms with Gasteiger partial charge in [0.15, 0.2) is 17.9 Å². The van der Waals surface area contributed by atoms with Gasteiger partial charge in [-0.15, -0.1) is 12.3 Å². The number of aromatic amines is 1. The van der Waals surface area contributed by atoms with E-state index in [0.717, 1.165) is 13.8 Å². The van der Waals surface area contributed by atoms with Crippen molar-refractivity contribution in [3.63, 3.8) is 0 Å². The maximum atomic E-state index is 14.0. The third-order valence-corrected chi connectivity index (χ3v) is 4.77. The van der Waals surface area contributed by atoms with Crippen LogP contribution in [-0.2, 0) is 33.3 Å². The standard InChI is InChI=1S/C21H25FN2O9/c1-7-8-21(33-12(3)26)14(10-30-18(28)20(4,5)6)32-17(15(21)31-11(2)25)24-9-13(22)16(27)23-19(24)29/h1,9,14-15,17H,8,10H2,2-6H3,(H,23,27,29)/t14-,15+,17-,21-/m1/s1. The van der Waals surface area contributed by atoms with E-state index < -0.39 is 71.0 Å². The van der Waals surface area contributed by atoms with Crippen molar-refractivity contribution in [2.24, 2.45) is 5.41 Å². The van der Waals surface area contributed by atoms with Crippen LogP contribution in [0.3, 0.4) is 0 Å². The number of esters is 3. The largest absolute Gasteiger partial charge is 0.462 e. The Kier molecular flexibility index (Phi) is 7.49. The van der Waals surface area contributed by atoms with E-state index in [2.05, 4.69) is 5.92 Å². The molecule has 0 radical (unpaired) electrons. The van der Waals surface area contributed by atoms with Crippen molar-refractivity contribution >= 4 is 17.9 Å². The zero-order valence-electron chi connectivity index (χ0n) is 18.8. The molecule has 0 aliphatic carbocycles. The highest BCUT2D eigenvalue weighted by Crippen LogP contribution is 2.44. The topological polar surface area (TPSA) is 143 Å². The van der Waals surface area contributed by atoms with E-state index >= 15 is 0 Å². The quantitative estimate of drug-likeness (QED) is 0.357. The maximum absolute atomic E-state index is 14.0. The van der Waals surface area contributed by atoms with Gasteiger partial charge in [0.05, 0.1) is 18.0 Å². The minimum atomic E-state index is -1.90. The lowest BCUT2D eigenvalue weighted by Crippen LogP contribution is -2.54. The molecule has 2 heterocycles. The SMILES string of the molecule is C#CC[C@@]1(OC(C)=O)[C@@H](COC(=O)C(C)(C)C)O[C@@H](n2cc(F)c(=O)[nH]c2=O)[C@@H]1OC(C)=O. The number of carbonyl (C=O) groups is 3. The number of rotatable bonds is 6. The Hall–Kier alpha value is -3.46. The second-order valence-corrected chi connectivity index (χ2v) is 8.47. The highest BCUT2D eigenvalue weighted by atomic mass is 19.1. The van der Waals surface area contributed by atoms with Gasteiger partial charge in [0.2, 0.25) is 5.82 Å². The van der Waals surface area contributed by atoms with Gasteiger partial charge in [0, 0.05) is 13.8 Å². The lowest BCUT2D eigenvalue weighted by atomic mass is 9.88. The number of nitrogens with zero attached hydrogens (tertiary/aromatic N) is 1. The molecule has 2 rings (SSSR count). The lowest BCUT2D eigenvalue weighted by Gasteiger charge is -2.35. The second kappa shape index (κ2) is 9.58. The summed E-state index contributed by atoms with van der Waals surface area (Å²) in [5.41, 5.74) is -5.15. The molecule has 33 heavy (non-hydrogen) atoms. The van der Waals surface area contributed by atoms with E-state index in [4.69, 9.17) is 25.4 Å². The van der Waals surface area contributed by atoms with Gasteiger partial charge in [-0.25, -0.2) is 4.79 Å². The molecule has 180 valence electrons. The lowest BCUT2D eigenvalue weighted by molar-refractivity contribution is -0.187. The van der Waals surface area contributed by atoms with Gasteiger partial charge in [0.1, 0.15) is 12.7 Å². The Morgan fingerprint density at radius 1 is 1.27 bits per heavy atom. The van der Waals surface area contributed by atoms with Crippen molar-refractivity contribution in [2.75, 3.05) is 6.61 Å². The monoisotopic (exact) mass is 468 g/mol. The molecule has 0 unspecified atom stereocenters. The number of ether oxygens (including phenoxy) is 4. The summed E-state index contributed by atoms with van der Waals surface area (Å²) in [7, 11) is 0. The Balaban J connectivity index is 2.65. The first-order valence-corrected chi connectivity index (χ1v) is 9.87. The molecule has 1 N–H and O–H groups in total. The first-order chi connectivity index (χ1) is 15.2. The summed E-state index contributed by atoms with van der Waals surface area (Å²) in [5.74, 6) is -1.33. The van der Waals surface area contributed by atoms with Gasteiger partial charge in [-0.2, -0.15) is 4.39 Å². The first kappa shape index (κ1) is 25.8. The van der Waals surface area contributed by atoms with Crippen LogP contribution in [0.15, 0.2) is 15.8 Å². The summed E-state index contributed by atoms with van der Waals surface area (Å²) < 4.78 is 36.5. The first-order valence-electron chi connectivity index (χ1n) is 9.87. The smallest absolute Gasteiger partial charge is 0.330 e. The summed E-state index contributed by atoms with van der Waals surface area (Å²) >= 11 is 0. The van der Waals surface area contributed by atoms with Crippen LogP contribution in [0.25, 0.3) is 0 Å². The van der Waals surface area contributed by atoms with Gasteiger partial charge in [0.25, 0.3) is 5.56 Å². The van der Waals surface area contributed by atoms with Crippen molar-refractivity contribution in [3.8, 4) is 12.3 Å². The minimum absolute atomic E-state index is 0.376. The average Bonchev–Trinajstić information content (AvgIpc) is 2.94. The van der Waals surface area contributed by atoms with Crippen LogP contribution in [0.4, 0.5) is 4.39 Å². The molecule has 1 aliphatic rings. The predicted molar refractivity (Wildman–Crippen MR) is 109 cm³/mol. The molecule has 1 aliphatic heterocycles. The molecule has 0 amide bonds. The minimum Gasteiger partial charge on any atom is -0.462 e. The van der Waals surface area contributed by atoms with Crippen molar-refractivity contribution in [3.05, 3.63) is 32.9 Å². The number of H-pyrrole nitrogens is 1. The Morgan fingerprint density at radius 3 is 2.42 bits per heavy atom. The molecule has 0 spiro atoms. The van der Waals surface area contributed by atoms with E-state index in [1.165, 1.54) is 0 Å². The molecule has 0 aromatic carbocycles. The summed E-state index contributed by atoms with van der Waals surface area (Å²) in [5, 5.41) is 0. The Bertz CT molecular complexity index is 1090. The number of hydrogen-bond donors (Lipinski definition) is 1. The zero-order chi connectivity index (χ0) is 25.1. The van der Waals surface area contributed by atoms with E-state index in [1.54, 1.807) is 25.8 Å². The number of hydrogen-bond acceptors (Lipinski definition) is 9. The number of terminal acetylenes is 1. The Labute approximate surface area is 188 Å². The van der Waals surface area contributed by atoms with Gasteiger partial charge < -0.3 is 18.9 Å². The summed E-state index contributed by atoms with van der Waals surface area (Å²) in [4.78, 5) is 61.8. The van der Waals surface area contributed by atoms with Crippen LogP contribution < -0.4 is 11.2 Å². The van der Waals surface area contributed by atoms with Crippen molar-refractivity contribution in [2.45, 2.75) is 65.1 Å². The van der Waals surface area contributed by atoms with E-state index in [9.17, 15) is 28.4 Å². The van der Waals surface area contributed by atoms with Crippen LogP contribution in [0.5, 0.6) is 0 Å². The molecule has 1 fully saturated rings. The van der Waals surface area contributed by atoms with Crippen molar-refractivity contribution < 1.29 is 37.7 Å². The van der Waals surface area contributed by atoms with Gasteiger partial charge >= 0.3 is 23.6 Å². The van der Waals surface area contributed by atoms with Crippen LogP contribution in [0.1, 0.15) is 47.3 Å². The maximum Gasteiger partial charge on any atom is 0.330 e. The highest BCUT2D eigenvalue weighted by Gasteiger charge is 2.62. The van der Waals surface area contributed by atoms with Crippen LogP contribution in [0.2, 0.25) is 0 Å². The van der Waals surface area contributed by atoms with Crippen molar-refractivity contribution in [1.82, 2.24) is 9.55 Å².